The van der Waals surface area contributed by atoms with Crippen molar-refractivity contribution in [1.29, 1.82) is 0 Å². The number of hydrogen-bond donors (Lipinski definition) is 1. The molecule has 0 saturated heterocycles. The van der Waals surface area contributed by atoms with E-state index in [0.29, 0.717) is 17.3 Å². The third kappa shape index (κ3) is 5.08. The molecule has 0 aliphatic heterocycles. The van der Waals surface area contributed by atoms with Crippen LogP contribution in [0.4, 0.5) is 0 Å². The Morgan fingerprint density at radius 3 is 2.55 bits per heavy atom. The van der Waals surface area contributed by atoms with Crippen molar-refractivity contribution in [3.05, 3.63) is 65.2 Å². The highest BCUT2D eigenvalue weighted by atomic mass is 35.5. The summed E-state index contributed by atoms with van der Waals surface area (Å²) in [7, 11) is 0. The average molecular weight is 318 g/mol. The average Bonchev–Trinajstić information content (AvgIpc) is 2.54. The van der Waals surface area contributed by atoms with Gasteiger partial charge in [-0.1, -0.05) is 54.1 Å². The third-order valence-electron chi connectivity index (χ3n) is 3.29. The molecule has 1 atom stereocenters. The van der Waals surface area contributed by atoms with Gasteiger partial charge in [0.2, 0.25) is 0 Å². The molecule has 2 aromatic rings. The standard InChI is InChI=1S/C18H20ClNO2/c1-14(22-17-12-6-5-11-16(17)19)18(21)20-13-7-10-15-8-3-2-4-9-15/h2-6,8-9,11-12,14H,7,10,13H2,1H3,(H,20,21)/t14-/m0/s1. The van der Waals surface area contributed by atoms with Crippen LogP contribution in [-0.2, 0) is 11.2 Å². The molecule has 0 spiro atoms. The largest absolute Gasteiger partial charge is 0.479 e. The van der Waals surface area contributed by atoms with E-state index in [9.17, 15) is 4.79 Å². The molecule has 0 aromatic heterocycles. The number of rotatable bonds is 7. The first-order valence-corrected chi connectivity index (χ1v) is 7.77. The summed E-state index contributed by atoms with van der Waals surface area (Å²) in [5.74, 6) is 0.393. The number of carbonyl (C=O) groups excluding carboxylic acids is 1. The second kappa shape index (κ2) is 8.44. The highest BCUT2D eigenvalue weighted by molar-refractivity contribution is 6.32. The molecule has 0 fully saturated rings. The van der Waals surface area contributed by atoms with Gasteiger partial charge in [0.1, 0.15) is 5.75 Å². The van der Waals surface area contributed by atoms with Crippen molar-refractivity contribution in [3.63, 3.8) is 0 Å². The zero-order valence-electron chi connectivity index (χ0n) is 12.6. The minimum absolute atomic E-state index is 0.131. The Bertz CT molecular complexity index is 601. The van der Waals surface area contributed by atoms with Crippen molar-refractivity contribution >= 4 is 17.5 Å². The minimum atomic E-state index is -0.573. The Balaban J connectivity index is 1.71. The van der Waals surface area contributed by atoms with Crippen molar-refractivity contribution in [2.75, 3.05) is 6.54 Å². The maximum absolute atomic E-state index is 12.0. The summed E-state index contributed by atoms with van der Waals surface area (Å²) in [4.78, 5) is 12.0. The van der Waals surface area contributed by atoms with Gasteiger partial charge in [-0.2, -0.15) is 0 Å². The van der Waals surface area contributed by atoms with E-state index >= 15 is 0 Å². The van der Waals surface area contributed by atoms with Crippen LogP contribution in [0.25, 0.3) is 0 Å². The molecular formula is C18H20ClNO2. The van der Waals surface area contributed by atoms with Crippen molar-refractivity contribution in [2.45, 2.75) is 25.9 Å². The Hall–Kier alpha value is -2.00. The maximum atomic E-state index is 12.0. The summed E-state index contributed by atoms with van der Waals surface area (Å²) in [6, 6.07) is 17.4. The zero-order chi connectivity index (χ0) is 15.8. The summed E-state index contributed by atoms with van der Waals surface area (Å²) in [6.07, 6.45) is 1.27. The van der Waals surface area contributed by atoms with Crippen LogP contribution in [0.5, 0.6) is 5.75 Å². The summed E-state index contributed by atoms with van der Waals surface area (Å²) in [5.41, 5.74) is 1.28. The first-order valence-electron chi connectivity index (χ1n) is 7.39. The van der Waals surface area contributed by atoms with Crippen LogP contribution in [0.1, 0.15) is 18.9 Å². The highest BCUT2D eigenvalue weighted by Crippen LogP contribution is 2.24. The summed E-state index contributed by atoms with van der Waals surface area (Å²) in [6.45, 7) is 2.35. The zero-order valence-corrected chi connectivity index (χ0v) is 13.3. The molecular weight excluding hydrogens is 298 g/mol. The number of hydrogen-bond acceptors (Lipinski definition) is 2. The predicted molar refractivity (Wildman–Crippen MR) is 89.3 cm³/mol. The van der Waals surface area contributed by atoms with Gasteiger partial charge in [0.25, 0.3) is 5.91 Å². The first-order chi connectivity index (χ1) is 10.7. The van der Waals surface area contributed by atoms with Gasteiger partial charge in [0, 0.05) is 6.54 Å². The molecule has 4 heteroatoms. The number of benzene rings is 2. The van der Waals surface area contributed by atoms with E-state index in [-0.39, 0.29) is 5.91 Å². The van der Waals surface area contributed by atoms with Crippen molar-refractivity contribution in [3.8, 4) is 5.75 Å². The van der Waals surface area contributed by atoms with Crippen molar-refractivity contribution in [1.82, 2.24) is 5.32 Å². The van der Waals surface area contributed by atoms with Crippen LogP contribution in [0.2, 0.25) is 5.02 Å². The summed E-state index contributed by atoms with van der Waals surface area (Å²) in [5, 5.41) is 3.39. The van der Waals surface area contributed by atoms with Gasteiger partial charge in [-0.05, 0) is 37.5 Å². The van der Waals surface area contributed by atoms with Gasteiger partial charge in [-0.15, -0.1) is 0 Å². The van der Waals surface area contributed by atoms with Gasteiger partial charge < -0.3 is 10.1 Å². The maximum Gasteiger partial charge on any atom is 0.260 e. The quantitative estimate of drug-likeness (QED) is 0.788. The van der Waals surface area contributed by atoms with E-state index in [1.165, 1.54) is 5.56 Å². The molecule has 0 radical (unpaired) electrons. The molecule has 116 valence electrons. The highest BCUT2D eigenvalue weighted by Gasteiger charge is 2.15. The monoisotopic (exact) mass is 317 g/mol. The lowest BCUT2D eigenvalue weighted by Crippen LogP contribution is -2.37. The Morgan fingerprint density at radius 1 is 1.14 bits per heavy atom. The second-order valence-corrected chi connectivity index (χ2v) is 5.48. The topological polar surface area (TPSA) is 38.3 Å². The van der Waals surface area contributed by atoms with Gasteiger partial charge in [0.05, 0.1) is 5.02 Å². The lowest BCUT2D eigenvalue weighted by molar-refractivity contribution is -0.127. The SMILES string of the molecule is C[C@H](Oc1ccccc1Cl)C(=O)NCCCc1ccccc1. The molecule has 3 nitrogen and oxygen atoms in total. The number of ether oxygens (including phenoxy) is 1. The molecule has 22 heavy (non-hydrogen) atoms. The smallest absolute Gasteiger partial charge is 0.260 e. The van der Waals surface area contributed by atoms with Crippen LogP contribution in [0.15, 0.2) is 54.6 Å². The number of nitrogens with one attached hydrogen (secondary N) is 1. The molecule has 0 aliphatic rings. The normalized spacial score (nSPS) is 11.7. The van der Waals surface area contributed by atoms with Crippen molar-refractivity contribution < 1.29 is 9.53 Å². The molecule has 2 aromatic carbocycles. The van der Waals surface area contributed by atoms with Crippen LogP contribution in [0, 0.1) is 0 Å². The van der Waals surface area contributed by atoms with E-state index in [4.69, 9.17) is 16.3 Å². The number of aryl methyl sites for hydroxylation is 1. The molecule has 1 amide bonds. The Kier molecular flexibility index (Phi) is 6.28. The second-order valence-electron chi connectivity index (χ2n) is 5.07. The number of halogens is 1. The van der Waals surface area contributed by atoms with Crippen molar-refractivity contribution in [2.24, 2.45) is 0 Å². The molecule has 0 unspecified atom stereocenters. The van der Waals surface area contributed by atoms with E-state index in [0.717, 1.165) is 12.8 Å². The molecule has 0 bridgehead atoms. The van der Waals surface area contributed by atoms with Crippen LogP contribution in [0.3, 0.4) is 0 Å². The molecule has 2 rings (SSSR count). The summed E-state index contributed by atoms with van der Waals surface area (Å²) >= 11 is 6.01. The summed E-state index contributed by atoms with van der Waals surface area (Å²) < 4.78 is 5.58. The molecule has 0 heterocycles. The van der Waals surface area contributed by atoms with Gasteiger partial charge >= 0.3 is 0 Å². The third-order valence-corrected chi connectivity index (χ3v) is 3.61. The fourth-order valence-electron chi connectivity index (χ4n) is 2.08. The fourth-order valence-corrected chi connectivity index (χ4v) is 2.26. The predicted octanol–water partition coefficient (Wildman–Crippen LogP) is 3.86. The van der Waals surface area contributed by atoms with E-state index in [1.54, 1.807) is 19.1 Å². The lowest BCUT2D eigenvalue weighted by atomic mass is 10.1. The van der Waals surface area contributed by atoms with Gasteiger partial charge in [0.15, 0.2) is 6.10 Å². The first kappa shape index (κ1) is 16.4. The van der Waals surface area contributed by atoms with Crippen LogP contribution in [-0.4, -0.2) is 18.6 Å². The van der Waals surface area contributed by atoms with E-state index in [2.05, 4.69) is 17.4 Å². The Morgan fingerprint density at radius 2 is 1.82 bits per heavy atom. The minimum Gasteiger partial charge on any atom is -0.479 e. The van der Waals surface area contributed by atoms with Crippen LogP contribution >= 0.6 is 11.6 Å². The lowest BCUT2D eigenvalue weighted by Gasteiger charge is -2.15. The molecule has 0 aliphatic carbocycles. The van der Waals surface area contributed by atoms with Gasteiger partial charge in [-0.25, -0.2) is 0 Å². The number of carbonyl (C=O) groups is 1. The Labute approximate surface area is 136 Å². The molecule has 0 saturated carbocycles. The van der Waals surface area contributed by atoms with Crippen LogP contribution < -0.4 is 10.1 Å². The van der Waals surface area contributed by atoms with Gasteiger partial charge in [-0.3, -0.25) is 4.79 Å². The molecule has 1 N–H and O–H groups in total. The van der Waals surface area contributed by atoms with E-state index in [1.807, 2.05) is 30.3 Å². The van der Waals surface area contributed by atoms with E-state index < -0.39 is 6.10 Å². The number of para-hydroxylation sites is 1. The fraction of sp³-hybridized carbons (Fsp3) is 0.278. The number of amides is 1.